The molecule has 3 aromatic rings. The van der Waals surface area contributed by atoms with Crippen molar-refractivity contribution in [2.24, 2.45) is 5.92 Å². The number of amides is 2. The van der Waals surface area contributed by atoms with Gasteiger partial charge >= 0.3 is 0 Å². The molecular weight excluding hydrogens is 529 g/mol. The third-order valence-corrected chi connectivity index (χ3v) is 8.30. The molecule has 0 aliphatic heterocycles. The average molecular weight is 568 g/mol. The number of hydrogen-bond donors (Lipinski definition) is 1. The van der Waals surface area contributed by atoms with E-state index in [-0.39, 0.29) is 29.0 Å². The van der Waals surface area contributed by atoms with Crippen LogP contribution in [0.5, 0.6) is 0 Å². The first kappa shape index (κ1) is 30.8. The molecule has 0 radical (unpaired) electrons. The number of aryl methyl sites for hydroxylation is 2. The van der Waals surface area contributed by atoms with Gasteiger partial charge in [0.1, 0.15) is 18.4 Å². The summed E-state index contributed by atoms with van der Waals surface area (Å²) >= 11 is 0. The van der Waals surface area contributed by atoms with E-state index in [4.69, 9.17) is 0 Å². The zero-order chi connectivity index (χ0) is 29.4. The van der Waals surface area contributed by atoms with Crippen LogP contribution in [0.4, 0.5) is 10.1 Å². The highest BCUT2D eigenvalue weighted by molar-refractivity contribution is 7.92. The van der Waals surface area contributed by atoms with E-state index in [1.807, 2.05) is 58.9 Å². The van der Waals surface area contributed by atoms with Crippen molar-refractivity contribution in [2.75, 3.05) is 17.4 Å². The van der Waals surface area contributed by atoms with Crippen LogP contribution in [0.2, 0.25) is 0 Å². The molecule has 0 saturated heterocycles. The smallest absolute Gasteiger partial charge is 0.264 e. The van der Waals surface area contributed by atoms with Gasteiger partial charge in [-0.15, -0.1) is 0 Å². The van der Waals surface area contributed by atoms with E-state index in [9.17, 15) is 22.4 Å². The number of anilines is 1. The Balaban J connectivity index is 2.04. The highest BCUT2D eigenvalue weighted by Gasteiger charge is 2.33. The molecule has 0 heterocycles. The number of rotatable bonds is 12. The van der Waals surface area contributed by atoms with E-state index in [1.165, 1.54) is 17.0 Å². The molecule has 0 aromatic heterocycles. The molecule has 1 atom stereocenters. The fraction of sp³-hybridized carbons (Fsp3) is 0.355. The van der Waals surface area contributed by atoms with Crippen LogP contribution in [0.3, 0.4) is 0 Å². The number of hydrogen-bond acceptors (Lipinski definition) is 4. The van der Waals surface area contributed by atoms with Gasteiger partial charge in [-0.2, -0.15) is 0 Å². The molecule has 3 aromatic carbocycles. The van der Waals surface area contributed by atoms with Crippen LogP contribution in [0.25, 0.3) is 0 Å². The summed E-state index contributed by atoms with van der Waals surface area (Å²) in [5.74, 6) is -1.17. The van der Waals surface area contributed by atoms with Gasteiger partial charge in [-0.1, -0.05) is 68.3 Å². The van der Waals surface area contributed by atoms with Gasteiger partial charge in [0.25, 0.3) is 10.0 Å². The van der Waals surface area contributed by atoms with Crippen molar-refractivity contribution in [1.29, 1.82) is 0 Å². The summed E-state index contributed by atoms with van der Waals surface area (Å²) in [6.07, 6.45) is 0.344. The minimum atomic E-state index is -4.25. The van der Waals surface area contributed by atoms with Gasteiger partial charge in [-0.25, -0.2) is 12.8 Å². The number of nitrogens with zero attached hydrogens (tertiary/aromatic N) is 2. The van der Waals surface area contributed by atoms with Gasteiger partial charge in [-0.05, 0) is 68.1 Å². The normalized spacial score (nSPS) is 12.2. The summed E-state index contributed by atoms with van der Waals surface area (Å²) < 4.78 is 42.2. The van der Waals surface area contributed by atoms with E-state index in [0.29, 0.717) is 13.0 Å². The Morgan fingerprint density at radius 2 is 1.57 bits per heavy atom. The van der Waals surface area contributed by atoms with Gasteiger partial charge in [-0.3, -0.25) is 13.9 Å². The Kier molecular flexibility index (Phi) is 10.5. The number of nitrogens with one attached hydrogen (secondary N) is 1. The second-order valence-electron chi connectivity index (χ2n) is 10.4. The summed E-state index contributed by atoms with van der Waals surface area (Å²) in [6.45, 7) is 9.65. The number of carbonyl (C=O) groups excluding carboxylic acids is 2. The van der Waals surface area contributed by atoms with Crippen molar-refractivity contribution in [1.82, 2.24) is 10.2 Å². The second-order valence-corrected chi connectivity index (χ2v) is 12.2. The maximum atomic E-state index is 14.0. The van der Waals surface area contributed by atoms with Crippen molar-refractivity contribution in [3.63, 3.8) is 0 Å². The zero-order valence-electron chi connectivity index (χ0n) is 23.7. The molecule has 0 spiro atoms. The minimum absolute atomic E-state index is 0.131. The molecule has 0 unspecified atom stereocenters. The highest BCUT2D eigenvalue weighted by atomic mass is 32.2. The van der Waals surface area contributed by atoms with Crippen LogP contribution in [0, 0.1) is 25.6 Å². The van der Waals surface area contributed by atoms with Crippen LogP contribution in [0.1, 0.15) is 43.9 Å². The Bertz CT molecular complexity index is 1410. The Hall–Kier alpha value is -3.72. The largest absolute Gasteiger partial charge is 0.354 e. The minimum Gasteiger partial charge on any atom is -0.354 e. The fourth-order valence-corrected chi connectivity index (χ4v) is 5.74. The fourth-order valence-electron chi connectivity index (χ4n) is 4.32. The lowest BCUT2D eigenvalue weighted by molar-refractivity contribution is -0.140. The van der Waals surface area contributed by atoms with Gasteiger partial charge < -0.3 is 10.2 Å². The molecule has 0 bridgehead atoms. The molecule has 40 heavy (non-hydrogen) atoms. The van der Waals surface area contributed by atoms with E-state index >= 15 is 0 Å². The predicted molar refractivity (Wildman–Crippen MR) is 156 cm³/mol. The Morgan fingerprint density at radius 1 is 0.925 bits per heavy atom. The number of halogens is 1. The van der Waals surface area contributed by atoms with Crippen molar-refractivity contribution in [3.8, 4) is 0 Å². The summed E-state index contributed by atoms with van der Waals surface area (Å²) in [7, 11) is -4.25. The monoisotopic (exact) mass is 567 g/mol. The van der Waals surface area contributed by atoms with Crippen LogP contribution in [-0.4, -0.2) is 44.3 Å². The molecule has 0 aliphatic carbocycles. The zero-order valence-corrected chi connectivity index (χ0v) is 24.5. The van der Waals surface area contributed by atoms with Crippen LogP contribution < -0.4 is 9.62 Å². The first-order valence-electron chi connectivity index (χ1n) is 13.4. The lowest BCUT2D eigenvalue weighted by Gasteiger charge is -2.33. The molecule has 7 nitrogen and oxygen atoms in total. The standard InChI is InChI=1S/C31H38FN3O4S/c1-6-29(31(37)33-19-22(2)3)34(20-25-9-7-8-24(5)18-25)30(36)21-35(27-14-10-23(4)11-15-27)40(38,39)28-16-12-26(32)13-17-28/h7-18,22,29H,6,19-21H2,1-5H3,(H,33,37)/t29-/m1/s1. The summed E-state index contributed by atoms with van der Waals surface area (Å²) in [6, 6.07) is 18.1. The molecular formula is C31H38FN3O4S. The van der Waals surface area contributed by atoms with E-state index in [0.717, 1.165) is 33.1 Å². The Labute approximate surface area is 237 Å². The van der Waals surface area contributed by atoms with Gasteiger partial charge in [0, 0.05) is 13.1 Å². The van der Waals surface area contributed by atoms with E-state index in [2.05, 4.69) is 5.32 Å². The van der Waals surface area contributed by atoms with Crippen LogP contribution in [-0.2, 0) is 26.2 Å². The van der Waals surface area contributed by atoms with Gasteiger partial charge in [0.15, 0.2) is 0 Å². The maximum absolute atomic E-state index is 14.0. The quantitative estimate of drug-likeness (QED) is 0.325. The van der Waals surface area contributed by atoms with Gasteiger partial charge in [0.2, 0.25) is 11.8 Å². The third kappa shape index (κ3) is 7.91. The second kappa shape index (κ2) is 13.6. The van der Waals surface area contributed by atoms with Gasteiger partial charge in [0.05, 0.1) is 10.6 Å². The van der Waals surface area contributed by atoms with E-state index < -0.39 is 34.3 Å². The average Bonchev–Trinajstić information content (AvgIpc) is 2.91. The SMILES string of the molecule is CC[C@H](C(=O)NCC(C)C)N(Cc1cccc(C)c1)C(=O)CN(c1ccc(C)cc1)S(=O)(=O)c1ccc(F)cc1. The summed E-state index contributed by atoms with van der Waals surface area (Å²) in [4.78, 5) is 28.6. The lowest BCUT2D eigenvalue weighted by Crippen LogP contribution is -2.52. The van der Waals surface area contributed by atoms with Crippen molar-refractivity contribution < 1.29 is 22.4 Å². The first-order chi connectivity index (χ1) is 18.9. The highest BCUT2D eigenvalue weighted by Crippen LogP contribution is 2.25. The number of sulfonamides is 1. The Morgan fingerprint density at radius 3 is 2.15 bits per heavy atom. The van der Waals surface area contributed by atoms with Crippen molar-refractivity contribution in [2.45, 2.75) is 58.5 Å². The molecule has 0 fully saturated rings. The number of benzene rings is 3. The van der Waals surface area contributed by atoms with Crippen LogP contribution in [0.15, 0.2) is 77.7 Å². The predicted octanol–water partition coefficient (Wildman–Crippen LogP) is 5.22. The first-order valence-corrected chi connectivity index (χ1v) is 14.8. The summed E-state index contributed by atoms with van der Waals surface area (Å²) in [5.41, 5.74) is 3.04. The van der Waals surface area contributed by atoms with Crippen molar-refractivity contribution >= 4 is 27.5 Å². The molecule has 9 heteroatoms. The topological polar surface area (TPSA) is 86.8 Å². The lowest BCUT2D eigenvalue weighted by atomic mass is 10.1. The molecule has 0 saturated carbocycles. The summed E-state index contributed by atoms with van der Waals surface area (Å²) in [5, 5.41) is 2.92. The van der Waals surface area contributed by atoms with Crippen LogP contribution >= 0.6 is 0 Å². The molecule has 2 amide bonds. The van der Waals surface area contributed by atoms with E-state index in [1.54, 1.807) is 24.3 Å². The molecule has 3 rings (SSSR count). The molecule has 214 valence electrons. The molecule has 0 aliphatic rings. The van der Waals surface area contributed by atoms with Crippen molar-refractivity contribution in [3.05, 3.63) is 95.3 Å². The number of carbonyl (C=O) groups is 2. The molecule has 1 N–H and O–H groups in total. The maximum Gasteiger partial charge on any atom is 0.264 e. The third-order valence-electron chi connectivity index (χ3n) is 6.51.